The van der Waals surface area contributed by atoms with E-state index in [9.17, 15) is 9.59 Å². The van der Waals surface area contributed by atoms with Gasteiger partial charge in [0.25, 0.3) is 0 Å². The van der Waals surface area contributed by atoms with Gasteiger partial charge in [0.1, 0.15) is 6.54 Å². The summed E-state index contributed by atoms with van der Waals surface area (Å²) in [4.78, 5) is 27.2. The van der Waals surface area contributed by atoms with Crippen LogP contribution in [0.15, 0.2) is 18.2 Å². The third kappa shape index (κ3) is 2.21. The highest BCUT2D eigenvalue weighted by Gasteiger charge is 2.24. The van der Waals surface area contributed by atoms with Gasteiger partial charge in [0.2, 0.25) is 0 Å². The SMILES string of the molecule is CCOC(=O)CN1ONc2c(C=O)cccc21. The summed E-state index contributed by atoms with van der Waals surface area (Å²) < 4.78 is 4.82. The van der Waals surface area contributed by atoms with E-state index in [1.165, 1.54) is 5.06 Å². The Labute approximate surface area is 98.0 Å². The Morgan fingerprint density at radius 2 is 2.41 bits per heavy atom. The number of nitrogens with zero attached hydrogens (tertiary/aromatic N) is 1. The monoisotopic (exact) mass is 236 g/mol. The number of benzene rings is 1. The van der Waals surface area contributed by atoms with Crippen molar-refractivity contribution in [1.82, 2.24) is 0 Å². The molecule has 0 saturated heterocycles. The zero-order chi connectivity index (χ0) is 12.3. The molecule has 1 N–H and O–H groups in total. The molecule has 6 nitrogen and oxygen atoms in total. The number of esters is 1. The summed E-state index contributed by atoms with van der Waals surface area (Å²) >= 11 is 0. The van der Waals surface area contributed by atoms with Crippen molar-refractivity contribution in [2.75, 3.05) is 23.7 Å². The Morgan fingerprint density at radius 1 is 1.59 bits per heavy atom. The van der Waals surface area contributed by atoms with Gasteiger partial charge in [0, 0.05) is 5.56 Å². The molecule has 17 heavy (non-hydrogen) atoms. The predicted molar refractivity (Wildman–Crippen MR) is 60.5 cm³/mol. The second-order valence-electron chi connectivity index (χ2n) is 3.39. The highest BCUT2D eigenvalue weighted by molar-refractivity contribution is 5.92. The first kappa shape index (κ1) is 11.4. The molecule has 1 aromatic rings. The van der Waals surface area contributed by atoms with E-state index in [-0.39, 0.29) is 6.54 Å². The Balaban J connectivity index is 2.17. The average Bonchev–Trinajstić information content (AvgIpc) is 2.73. The van der Waals surface area contributed by atoms with Crippen molar-refractivity contribution in [3.8, 4) is 0 Å². The summed E-state index contributed by atoms with van der Waals surface area (Å²) in [5, 5.41) is 1.35. The van der Waals surface area contributed by atoms with E-state index in [4.69, 9.17) is 9.68 Å². The lowest BCUT2D eigenvalue weighted by Gasteiger charge is -2.13. The zero-order valence-electron chi connectivity index (χ0n) is 9.30. The van der Waals surface area contributed by atoms with Crippen molar-refractivity contribution in [3.05, 3.63) is 23.8 Å². The number of nitrogens with one attached hydrogen (secondary N) is 1. The molecule has 0 amide bonds. The van der Waals surface area contributed by atoms with Crippen LogP contribution in [0.25, 0.3) is 0 Å². The fraction of sp³-hybridized carbons (Fsp3) is 0.273. The number of hydroxylamine groups is 1. The molecule has 0 unspecified atom stereocenters. The number of fused-ring (bicyclic) bond motifs is 1. The van der Waals surface area contributed by atoms with Gasteiger partial charge in [-0.3, -0.25) is 9.59 Å². The van der Waals surface area contributed by atoms with Gasteiger partial charge in [0.05, 0.1) is 18.0 Å². The minimum atomic E-state index is -0.390. The molecule has 2 rings (SSSR count). The van der Waals surface area contributed by atoms with E-state index in [0.29, 0.717) is 23.5 Å². The summed E-state index contributed by atoms with van der Waals surface area (Å²) in [7, 11) is 0. The van der Waals surface area contributed by atoms with Crippen molar-refractivity contribution in [2.45, 2.75) is 6.92 Å². The highest BCUT2D eigenvalue weighted by atomic mass is 16.8. The maximum absolute atomic E-state index is 11.3. The molecule has 1 aliphatic heterocycles. The predicted octanol–water partition coefficient (Wildman–Crippen LogP) is 1.14. The molecule has 0 fully saturated rings. The quantitative estimate of drug-likeness (QED) is 0.624. The lowest BCUT2D eigenvalue weighted by molar-refractivity contribution is -0.142. The number of anilines is 2. The molecule has 0 radical (unpaired) electrons. The van der Waals surface area contributed by atoms with Crippen LogP contribution >= 0.6 is 0 Å². The first-order valence-electron chi connectivity index (χ1n) is 5.20. The number of para-hydroxylation sites is 1. The molecule has 6 heteroatoms. The number of aldehydes is 1. The molecule has 1 aliphatic rings. The van der Waals surface area contributed by atoms with Crippen molar-refractivity contribution in [1.29, 1.82) is 0 Å². The van der Waals surface area contributed by atoms with E-state index < -0.39 is 5.97 Å². The standard InChI is InChI=1S/C11H12N2O4/c1-2-16-10(15)6-13-9-5-3-4-8(7-14)11(9)12-17-13/h3-5,7,12H,2,6H2,1H3. The topological polar surface area (TPSA) is 67.9 Å². The van der Waals surface area contributed by atoms with E-state index in [1.54, 1.807) is 25.1 Å². The van der Waals surface area contributed by atoms with Crippen LogP contribution in [-0.2, 0) is 14.5 Å². The van der Waals surface area contributed by atoms with Gasteiger partial charge in [-0.1, -0.05) is 6.07 Å². The Morgan fingerprint density at radius 3 is 3.12 bits per heavy atom. The normalized spacial score (nSPS) is 12.9. The van der Waals surface area contributed by atoms with Crippen molar-refractivity contribution >= 4 is 23.6 Å². The van der Waals surface area contributed by atoms with Crippen LogP contribution in [-0.4, -0.2) is 25.4 Å². The minimum absolute atomic E-state index is 0.0316. The van der Waals surface area contributed by atoms with Gasteiger partial charge in [-0.2, -0.15) is 4.94 Å². The molecule has 1 aromatic carbocycles. The van der Waals surface area contributed by atoms with Gasteiger partial charge < -0.3 is 4.74 Å². The summed E-state index contributed by atoms with van der Waals surface area (Å²) in [6.07, 6.45) is 0.725. The second kappa shape index (κ2) is 4.84. The first-order chi connectivity index (χ1) is 8.26. The van der Waals surface area contributed by atoms with Crippen LogP contribution in [0.4, 0.5) is 11.4 Å². The van der Waals surface area contributed by atoms with Crippen molar-refractivity contribution < 1.29 is 19.3 Å². The van der Waals surface area contributed by atoms with Gasteiger partial charge in [-0.25, -0.2) is 10.5 Å². The highest BCUT2D eigenvalue weighted by Crippen LogP contribution is 2.33. The molecule has 1 heterocycles. The van der Waals surface area contributed by atoms with Crippen LogP contribution in [0.2, 0.25) is 0 Å². The lowest BCUT2D eigenvalue weighted by Crippen LogP contribution is -2.28. The molecular weight excluding hydrogens is 224 g/mol. The molecule has 0 spiro atoms. The number of ether oxygens (including phenoxy) is 1. The summed E-state index contributed by atoms with van der Waals surface area (Å²) in [6.45, 7) is 2.02. The maximum Gasteiger partial charge on any atom is 0.328 e. The number of hydrogen-bond donors (Lipinski definition) is 1. The number of hydrogen-bond acceptors (Lipinski definition) is 6. The molecule has 0 aliphatic carbocycles. The number of carbonyl (C=O) groups is 2. The van der Waals surface area contributed by atoms with Crippen molar-refractivity contribution in [3.63, 3.8) is 0 Å². The van der Waals surface area contributed by atoms with E-state index in [2.05, 4.69) is 5.48 Å². The van der Waals surface area contributed by atoms with Crippen LogP contribution in [0.3, 0.4) is 0 Å². The van der Waals surface area contributed by atoms with Crippen LogP contribution in [0, 0.1) is 0 Å². The first-order valence-corrected chi connectivity index (χ1v) is 5.20. The molecule has 0 saturated carbocycles. The fourth-order valence-corrected chi connectivity index (χ4v) is 1.57. The van der Waals surface area contributed by atoms with E-state index >= 15 is 0 Å². The van der Waals surface area contributed by atoms with Crippen molar-refractivity contribution in [2.24, 2.45) is 0 Å². The third-order valence-corrected chi connectivity index (χ3v) is 2.31. The molecule has 0 bridgehead atoms. The number of rotatable bonds is 4. The second-order valence-corrected chi connectivity index (χ2v) is 3.39. The van der Waals surface area contributed by atoms with Gasteiger partial charge in [-0.05, 0) is 19.1 Å². The van der Waals surface area contributed by atoms with E-state index in [1.807, 2.05) is 0 Å². The fourth-order valence-electron chi connectivity index (χ4n) is 1.57. The Bertz CT molecular complexity index is 447. The average molecular weight is 236 g/mol. The van der Waals surface area contributed by atoms with Crippen LogP contribution < -0.4 is 10.5 Å². The summed E-state index contributed by atoms with van der Waals surface area (Å²) in [6, 6.07) is 5.13. The lowest BCUT2D eigenvalue weighted by atomic mass is 10.1. The Hall–Kier alpha value is -2.08. The molecule has 0 atom stereocenters. The van der Waals surface area contributed by atoms with Gasteiger partial charge >= 0.3 is 5.97 Å². The van der Waals surface area contributed by atoms with Gasteiger partial charge in [0.15, 0.2) is 6.29 Å². The minimum Gasteiger partial charge on any atom is -0.465 e. The molecule has 0 aromatic heterocycles. The van der Waals surface area contributed by atoms with E-state index in [0.717, 1.165) is 6.29 Å². The molecular formula is C11H12N2O4. The van der Waals surface area contributed by atoms with Crippen LogP contribution in [0.1, 0.15) is 17.3 Å². The Kier molecular flexibility index (Phi) is 3.24. The smallest absolute Gasteiger partial charge is 0.328 e. The summed E-state index contributed by atoms with van der Waals surface area (Å²) in [5.74, 6) is -0.390. The number of carbonyl (C=O) groups excluding carboxylic acids is 2. The van der Waals surface area contributed by atoms with Gasteiger partial charge in [-0.15, -0.1) is 0 Å². The maximum atomic E-state index is 11.3. The largest absolute Gasteiger partial charge is 0.465 e. The third-order valence-electron chi connectivity index (χ3n) is 2.31. The summed E-state index contributed by atoms with van der Waals surface area (Å²) in [5.41, 5.74) is 4.29. The van der Waals surface area contributed by atoms with Crippen LogP contribution in [0.5, 0.6) is 0 Å². The molecule has 90 valence electrons. The zero-order valence-corrected chi connectivity index (χ0v) is 9.30.